The van der Waals surface area contributed by atoms with Crippen molar-refractivity contribution in [2.75, 3.05) is 18.1 Å². The number of rotatable bonds is 6. The van der Waals surface area contributed by atoms with Gasteiger partial charge in [-0.05, 0) is 68.3 Å². The first-order valence-corrected chi connectivity index (χ1v) is 10.1. The highest BCUT2D eigenvalue weighted by atomic mass is 32.2. The number of carbonyl (C=O) groups excluding carboxylic acids is 1. The Morgan fingerprint density at radius 2 is 1.93 bits per heavy atom. The summed E-state index contributed by atoms with van der Waals surface area (Å²) in [5.41, 5.74) is 0.986. The van der Waals surface area contributed by atoms with Crippen molar-refractivity contribution in [1.29, 1.82) is 0 Å². The van der Waals surface area contributed by atoms with Crippen molar-refractivity contribution >= 4 is 21.6 Å². The van der Waals surface area contributed by atoms with Gasteiger partial charge in [-0.1, -0.05) is 0 Å². The summed E-state index contributed by atoms with van der Waals surface area (Å²) in [6.45, 7) is 4.30. The topological polar surface area (TPSA) is 75.7 Å². The Balaban J connectivity index is 1.73. The van der Waals surface area contributed by atoms with Gasteiger partial charge in [0.05, 0.1) is 11.5 Å². The Morgan fingerprint density at radius 1 is 1.22 bits per heavy atom. The minimum absolute atomic E-state index is 0.0647. The van der Waals surface area contributed by atoms with Gasteiger partial charge in [-0.15, -0.1) is 0 Å². The molecule has 2 aromatic rings. The largest absolute Gasteiger partial charge is 0.494 e. The molecule has 8 heteroatoms. The monoisotopic (exact) mass is 392 g/mol. The van der Waals surface area contributed by atoms with E-state index in [1.165, 1.54) is 29.2 Å². The highest BCUT2D eigenvalue weighted by Gasteiger charge is 2.35. The average Bonchev–Trinajstić information content (AvgIpc) is 2.98. The average molecular weight is 392 g/mol. The number of nitrogens with one attached hydrogen (secondary N) is 1. The lowest BCUT2D eigenvalue weighted by Gasteiger charge is -2.18. The van der Waals surface area contributed by atoms with Gasteiger partial charge in [0.15, 0.2) is 0 Å². The van der Waals surface area contributed by atoms with Crippen LogP contribution in [0.25, 0.3) is 0 Å². The predicted octanol–water partition coefficient (Wildman–Crippen LogP) is 2.62. The molecule has 1 amide bonds. The zero-order valence-corrected chi connectivity index (χ0v) is 15.9. The van der Waals surface area contributed by atoms with Crippen molar-refractivity contribution in [3.05, 3.63) is 53.8 Å². The predicted molar refractivity (Wildman–Crippen MR) is 99.8 cm³/mol. The lowest BCUT2D eigenvalue weighted by molar-refractivity contribution is -0.118. The molecule has 1 atom stereocenters. The number of ether oxygens (including phenoxy) is 1. The lowest BCUT2D eigenvalue weighted by Crippen LogP contribution is -2.41. The third-order valence-electron chi connectivity index (χ3n) is 4.40. The van der Waals surface area contributed by atoms with Crippen LogP contribution < -0.4 is 14.4 Å². The Labute approximate surface area is 158 Å². The van der Waals surface area contributed by atoms with Crippen LogP contribution in [0.2, 0.25) is 0 Å². The molecular weight excluding hydrogens is 371 g/mol. The fourth-order valence-electron chi connectivity index (χ4n) is 2.98. The molecule has 1 aliphatic rings. The number of carbonyl (C=O) groups is 1. The summed E-state index contributed by atoms with van der Waals surface area (Å²) >= 11 is 0. The second-order valence-corrected chi connectivity index (χ2v) is 8.00. The van der Waals surface area contributed by atoms with Gasteiger partial charge in [0.2, 0.25) is 15.9 Å². The van der Waals surface area contributed by atoms with Crippen LogP contribution in [0.4, 0.5) is 10.1 Å². The molecule has 0 bridgehead atoms. The molecule has 1 aliphatic heterocycles. The SMILES string of the molecule is CCOc1ccc(S(=O)(=O)NC2CCN(c3ccc(F)c(C)c3)C2=O)cc1. The first-order valence-electron chi connectivity index (χ1n) is 8.64. The number of benzene rings is 2. The molecular formula is C19H21FN2O4S. The summed E-state index contributed by atoms with van der Waals surface area (Å²) in [6, 6.07) is 9.56. The fraction of sp³-hybridized carbons (Fsp3) is 0.316. The molecule has 2 aromatic carbocycles. The van der Waals surface area contributed by atoms with Gasteiger partial charge >= 0.3 is 0 Å². The normalized spacial score (nSPS) is 17.4. The van der Waals surface area contributed by atoms with Crippen molar-refractivity contribution < 1.29 is 22.3 Å². The Bertz CT molecular complexity index is 945. The maximum Gasteiger partial charge on any atom is 0.245 e. The molecule has 6 nitrogen and oxygen atoms in total. The number of hydrogen-bond acceptors (Lipinski definition) is 4. The van der Waals surface area contributed by atoms with Gasteiger partial charge in [-0.25, -0.2) is 12.8 Å². The molecule has 0 radical (unpaired) electrons. The standard InChI is InChI=1S/C19H21FN2O4S/c1-3-26-15-5-7-16(8-6-15)27(24,25)21-18-10-11-22(19(18)23)14-4-9-17(20)13(2)12-14/h4-9,12,18,21H,3,10-11H2,1-2H3. The van der Waals surface area contributed by atoms with Crippen LogP contribution >= 0.6 is 0 Å². The Morgan fingerprint density at radius 3 is 2.56 bits per heavy atom. The summed E-state index contributed by atoms with van der Waals surface area (Å²) < 4.78 is 46.4. The van der Waals surface area contributed by atoms with E-state index in [-0.39, 0.29) is 16.6 Å². The molecule has 3 rings (SSSR count). The van der Waals surface area contributed by atoms with Gasteiger partial charge in [0, 0.05) is 12.2 Å². The molecule has 1 saturated heterocycles. The summed E-state index contributed by atoms with van der Waals surface area (Å²) in [7, 11) is -3.84. The highest BCUT2D eigenvalue weighted by Crippen LogP contribution is 2.25. The first-order chi connectivity index (χ1) is 12.8. The maximum absolute atomic E-state index is 13.4. The molecule has 27 heavy (non-hydrogen) atoms. The molecule has 1 fully saturated rings. The minimum atomic E-state index is -3.84. The van der Waals surface area contributed by atoms with E-state index in [0.717, 1.165) is 0 Å². The molecule has 0 aliphatic carbocycles. The quantitative estimate of drug-likeness (QED) is 0.820. The maximum atomic E-state index is 13.4. The molecule has 1 heterocycles. The third-order valence-corrected chi connectivity index (χ3v) is 5.89. The number of aryl methyl sites for hydroxylation is 1. The van der Waals surface area contributed by atoms with E-state index in [0.29, 0.717) is 36.6 Å². The van der Waals surface area contributed by atoms with Gasteiger partial charge in [-0.2, -0.15) is 4.72 Å². The van der Waals surface area contributed by atoms with Crippen LogP contribution in [0.15, 0.2) is 47.4 Å². The highest BCUT2D eigenvalue weighted by molar-refractivity contribution is 7.89. The summed E-state index contributed by atoms with van der Waals surface area (Å²) in [6.07, 6.45) is 0.339. The Hall–Kier alpha value is -2.45. The van der Waals surface area contributed by atoms with Crippen LogP contribution in [0.5, 0.6) is 5.75 Å². The van der Waals surface area contributed by atoms with E-state index in [1.807, 2.05) is 6.92 Å². The van der Waals surface area contributed by atoms with Gasteiger partial charge in [0.1, 0.15) is 17.6 Å². The number of hydrogen-bond donors (Lipinski definition) is 1. The van der Waals surface area contributed by atoms with E-state index in [4.69, 9.17) is 4.74 Å². The summed E-state index contributed by atoms with van der Waals surface area (Å²) in [5, 5.41) is 0. The van der Waals surface area contributed by atoms with Crippen LogP contribution in [-0.2, 0) is 14.8 Å². The lowest BCUT2D eigenvalue weighted by atomic mass is 10.2. The van der Waals surface area contributed by atoms with Gasteiger partial charge in [0.25, 0.3) is 0 Å². The van der Waals surface area contributed by atoms with Crippen molar-refractivity contribution in [3.8, 4) is 5.75 Å². The molecule has 0 saturated carbocycles. The van der Waals surface area contributed by atoms with Crippen molar-refractivity contribution in [3.63, 3.8) is 0 Å². The van der Waals surface area contributed by atoms with Gasteiger partial charge in [-0.3, -0.25) is 4.79 Å². The van der Waals surface area contributed by atoms with Crippen molar-refractivity contribution in [1.82, 2.24) is 4.72 Å². The van der Waals surface area contributed by atoms with E-state index >= 15 is 0 Å². The van der Waals surface area contributed by atoms with Crippen molar-refractivity contribution in [2.45, 2.75) is 31.2 Å². The van der Waals surface area contributed by atoms with Gasteiger partial charge < -0.3 is 9.64 Å². The minimum Gasteiger partial charge on any atom is -0.494 e. The van der Waals surface area contributed by atoms with Crippen LogP contribution in [-0.4, -0.2) is 33.5 Å². The number of nitrogens with zero attached hydrogens (tertiary/aromatic N) is 1. The molecule has 1 unspecified atom stereocenters. The fourth-order valence-corrected chi connectivity index (χ4v) is 4.20. The molecule has 0 aromatic heterocycles. The molecule has 1 N–H and O–H groups in total. The number of sulfonamides is 1. The smallest absolute Gasteiger partial charge is 0.245 e. The number of halogens is 1. The Kier molecular flexibility index (Phi) is 5.48. The molecule has 0 spiro atoms. The van der Waals surface area contributed by atoms with E-state index in [1.54, 1.807) is 25.1 Å². The zero-order valence-electron chi connectivity index (χ0n) is 15.1. The number of anilines is 1. The van der Waals surface area contributed by atoms with Crippen LogP contribution in [0.3, 0.4) is 0 Å². The van der Waals surface area contributed by atoms with E-state index < -0.39 is 16.1 Å². The van der Waals surface area contributed by atoms with Crippen molar-refractivity contribution in [2.24, 2.45) is 0 Å². The second kappa shape index (κ2) is 7.66. The molecule has 144 valence electrons. The summed E-state index contributed by atoms with van der Waals surface area (Å²) in [5.74, 6) is -0.125. The summed E-state index contributed by atoms with van der Waals surface area (Å²) in [4.78, 5) is 14.2. The second-order valence-electron chi connectivity index (χ2n) is 6.29. The van der Waals surface area contributed by atoms with E-state index in [2.05, 4.69) is 4.72 Å². The third kappa shape index (κ3) is 4.12. The number of amides is 1. The van der Waals surface area contributed by atoms with Crippen LogP contribution in [0.1, 0.15) is 18.9 Å². The van der Waals surface area contributed by atoms with Crippen LogP contribution in [0, 0.1) is 12.7 Å². The zero-order chi connectivity index (χ0) is 19.6. The first kappa shape index (κ1) is 19.3. The van der Waals surface area contributed by atoms with E-state index in [9.17, 15) is 17.6 Å².